The van der Waals surface area contributed by atoms with Gasteiger partial charge in [0.2, 0.25) is 11.8 Å². The van der Waals surface area contributed by atoms with E-state index in [9.17, 15) is 54.7 Å². The normalized spacial score (nSPS) is 18.2. The lowest BCUT2D eigenvalue weighted by Crippen LogP contribution is -2.50. The molecule has 17 nitrogen and oxygen atoms in total. The summed E-state index contributed by atoms with van der Waals surface area (Å²) in [6, 6.07) is 35.4. The van der Waals surface area contributed by atoms with Crippen molar-refractivity contribution in [3.63, 3.8) is 0 Å². The Morgan fingerprint density at radius 3 is 2.04 bits per heavy atom. The number of piperidine rings is 2. The molecule has 3 saturated heterocycles. The summed E-state index contributed by atoms with van der Waals surface area (Å²) in [5, 5.41) is 6.23. The first-order valence-corrected chi connectivity index (χ1v) is 33.2. The van der Waals surface area contributed by atoms with Gasteiger partial charge in [-0.25, -0.2) is 14.2 Å². The van der Waals surface area contributed by atoms with Crippen LogP contribution < -0.4 is 10.6 Å². The standard InChI is InChI=1S/C73H84F7N9O8/c1-84(34-14-35-86(3)67(92)53-22-27-64(82-47-53)81-33-13-5-8-21-65(90)85(2)41-42-87-36-28-59(29-37-87)97-69(94)83-62-20-12-10-18-60(62)51-15-6-4-7-16-51)66(91)48-95-63-45-52-17-9-11-19-61(52)70(63)30-38-88(39-31-70)40-32-71(55-23-25-58(74)26-24-55)49-89(50-96-71)68(93)54-43-56(72(75,76)77)46-57(44-54)73(78,79)80/h4,6-7,9-12,15-20,22-27,43-44,46-47,59,63H,5,8,13-14,21,28-42,45,48-50H2,1-3H3,(H,81,82)(H,83,94)/t63-,71-/m0/s1. The molecule has 518 valence electrons. The Balaban J connectivity index is 0.604. The summed E-state index contributed by atoms with van der Waals surface area (Å²) in [4.78, 5) is 81.7. The highest BCUT2D eigenvalue weighted by molar-refractivity contribution is 5.95. The summed E-state index contributed by atoms with van der Waals surface area (Å²) in [5.41, 5.74) is 0.155. The minimum atomic E-state index is -5.15. The van der Waals surface area contributed by atoms with Crippen molar-refractivity contribution in [1.82, 2.24) is 34.4 Å². The van der Waals surface area contributed by atoms with Gasteiger partial charge in [0, 0.05) is 103 Å². The number of carbonyl (C=O) groups excluding carboxylic acids is 5. The molecule has 1 spiro atoms. The number of likely N-dealkylation sites (N-methyl/N-ethyl adjacent to an activating group) is 2. The fraction of sp³-hybridized carbons (Fsp3) is 0.452. The highest BCUT2D eigenvalue weighted by Gasteiger charge is 2.50. The average molecular weight is 1350 g/mol. The van der Waals surface area contributed by atoms with E-state index in [0.717, 1.165) is 78.9 Å². The summed E-state index contributed by atoms with van der Waals surface area (Å²) in [6.45, 7) is 5.17. The van der Waals surface area contributed by atoms with E-state index in [0.29, 0.717) is 113 Å². The number of likely N-dealkylation sites (tertiary alicyclic amines) is 2. The number of nitrogens with one attached hydrogen (secondary N) is 2. The number of ether oxygens (including phenoxy) is 3. The molecular formula is C73H84F7N9O8. The molecule has 5 aromatic carbocycles. The molecule has 2 atom stereocenters. The maximum absolute atomic E-state index is 14.2. The maximum atomic E-state index is 14.2. The number of amides is 5. The number of para-hydroxylation sites is 1. The van der Waals surface area contributed by atoms with Crippen molar-refractivity contribution in [2.75, 3.05) is 117 Å². The number of halogens is 7. The molecule has 4 heterocycles. The van der Waals surface area contributed by atoms with Gasteiger partial charge in [-0.3, -0.25) is 24.5 Å². The Kier molecular flexibility index (Phi) is 23.4. The molecule has 0 bridgehead atoms. The number of hydrogen-bond acceptors (Lipinski definition) is 12. The van der Waals surface area contributed by atoms with Crippen LogP contribution in [0.4, 0.5) is 47.0 Å². The molecule has 6 aromatic rings. The Morgan fingerprint density at radius 1 is 0.680 bits per heavy atom. The number of hydrogen-bond donors (Lipinski definition) is 2. The first-order valence-electron chi connectivity index (χ1n) is 33.2. The van der Waals surface area contributed by atoms with Gasteiger partial charge in [-0.05, 0) is 142 Å². The van der Waals surface area contributed by atoms with Crippen molar-refractivity contribution in [2.45, 2.75) is 106 Å². The lowest BCUT2D eigenvalue weighted by Gasteiger charge is -2.44. The Hall–Kier alpha value is -8.45. The van der Waals surface area contributed by atoms with Gasteiger partial charge in [0.25, 0.3) is 11.8 Å². The van der Waals surface area contributed by atoms with Crippen LogP contribution in [0.25, 0.3) is 11.1 Å². The van der Waals surface area contributed by atoms with Crippen LogP contribution in [0.5, 0.6) is 0 Å². The lowest BCUT2D eigenvalue weighted by molar-refractivity contribution is -0.143. The molecule has 5 amide bonds. The van der Waals surface area contributed by atoms with Gasteiger partial charge in [-0.15, -0.1) is 0 Å². The van der Waals surface area contributed by atoms with Crippen molar-refractivity contribution in [3.8, 4) is 11.1 Å². The van der Waals surface area contributed by atoms with Crippen LogP contribution >= 0.6 is 0 Å². The zero-order chi connectivity index (χ0) is 68.9. The second kappa shape index (κ2) is 31.8. The molecular weight excluding hydrogens is 1260 g/mol. The second-order valence-corrected chi connectivity index (χ2v) is 25.8. The molecule has 0 unspecified atom stereocenters. The number of benzene rings is 5. The van der Waals surface area contributed by atoms with Gasteiger partial charge < -0.3 is 48.9 Å². The Bertz CT molecular complexity index is 3630. The zero-order valence-corrected chi connectivity index (χ0v) is 54.9. The average Bonchev–Trinajstić information content (AvgIpc) is 1.61. The minimum Gasteiger partial charge on any atom is -0.446 e. The van der Waals surface area contributed by atoms with E-state index in [1.54, 1.807) is 47.1 Å². The van der Waals surface area contributed by atoms with E-state index < -0.39 is 64.6 Å². The molecule has 24 heteroatoms. The van der Waals surface area contributed by atoms with Crippen molar-refractivity contribution >= 4 is 41.2 Å². The van der Waals surface area contributed by atoms with E-state index in [2.05, 4.69) is 37.6 Å². The van der Waals surface area contributed by atoms with Gasteiger partial charge in [-0.1, -0.05) is 91.3 Å². The fourth-order valence-corrected chi connectivity index (χ4v) is 13.6. The van der Waals surface area contributed by atoms with E-state index in [4.69, 9.17) is 14.2 Å². The smallest absolute Gasteiger partial charge is 0.416 e. The molecule has 1 aliphatic carbocycles. The first kappa shape index (κ1) is 71.3. The number of rotatable bonds is 26. The monoisotopic (exact) mass is 1350 g/mol. The van der Waals surface area contributed by atoms with Gasteiger partial charge in [0.05, 0.1) is 35.0 Å². The van der Waals surface area contributed by atoms with Crippen LogP contribution in [-0.2, 0) is 53.6 Å². The molecule has 97 heavy (non-hydrogen) atoms. The topological polar surface area (TPSA) is 169 Å². The predicted molar refractivity (Wildman–Crippen MR) is 353 cm³/mol. The molecule has 10 rings (SSSR count). The summed E-state index contributed by atoms with van der Waals surface area (Å²) in [7, 11) is 5.26. The van der Waals surface area contributed by atoms with E-state index in [1.165, 1.54) is 24.3 Å². The number of alkyl halides is 6. The number of unbranched alkanes of at least 4 members (excludes halogenated alkanes) is 2. The van der Waals surface area contributed by atoms with Gasteiger partial charge in [-0.2, -0.15) is 26.3 Å². The van der Waals surface area contributed by atoms with Gasteiger partial charge in [0.1, 0.15) is 36.7 Å². The number of anilines is 2. The van der Waals surface area contributed by atoms with E-state index in [1.807, 2.05) is 73.8 Å². The molecule has 3 fully saturated rings. The number of pyridine rings is 1. The molecule has 3 aliphatic heterocycles. The molecule has 2 N–H and O–H groups in total. The third kappa shape index (κ3) is 18.2. The molecule has 0 radical (unpaired) electrons. The summed E-state index contributed by atoms with van der Waals surface area (Å²) < 4.78 is 116. The zero-order valence-electron chi connectivity index (χ0n) is 54.9. The summed E-state index contributed by atoms with van der Waals surface area (Å²) >= 11 is 0. The molecule has 1 aromatic heterocycles. The van der Waals surface area contributed by atoms with Crippen LogP contribution in [0.15, 0.2) is 140 Å². The van der Waals surface area contributed by atoms with Crippen molar-refractivity contribution in [1.29, 1.82) is 0 Å². The lowest BCUT2D eigenvalue weighted by atomic mass is 9.72. The van der Waals surface area contributed by atoms with Crippen LogP contribution in [0.1, 0.15) is 113 Å². The van der Waals surface area contributed by atoms with Gasteiger partial charge >= 0.3 is 18.4 Å². The SMILES string of the molecule is CN(CCN1CCC(OC(=O)Nc2ccccc2-c2ccccc2)CC1)C(=O)CCCCCNc1ccc(C(=O)N(C)CCCN(C)C(=O)CO[C@H]2Cc3ccccc3C23CCN(CC[C@@]2(c4ccc(F)cc4)CN(C(=O)c4cc(C(F)(F)F)cc(C(F)(F)F)c4)CO2)CC3)cn1. The number of carbonyl (C=O) groups is 5. The van der Waals surface area contributed by atoms with Crippen molar-refractivity contribution in [2.24, 2.45) is 0 Å². The van der Waals surface area contributed by atoms with Crippen LogP contribution in [0.2, 0.25) is 0 Å². The highest BCUT2D eigenvalue weighted by Crippen LogP contribution is 2.48. The van der Waals surface area contributed by atoms with Crippen molar-refractivity contribution in [3.05, 3.63) is 184 Å². The van der Waals surface area contributed by atoms with Crippen LogP contribution in [0.3, 0.4) is 0 Å². The minimum absolute atomic E-state index is 0.0299. The number of aromatic nitrogens is 1. The first-order chi connectivity index (χ1) is 46.5. The maximum Gasteiger partial charge on any atom is 0.416 e. The van der Waals surface area contributed by atoms with Crippen molar-refractivity contribution < 1.29 is 68.9 Å². The second-order valence-electron chi connectivity index (χ2n) is 25.8. The van der Waals surface area contributed by atoms with E-state index in [-0.39, 0.29) is 55.6 Å². The largest absolute Gasteiger partial charge is 0.446 e. The predicted octanol–water partition coefficient (Wildman–Crippen LogP) is 12.4. The molecule has 0 saturated carbocycles. The summed E-state index contributed by atoms with van der Waals surface area (Å²) in [5.74, 6) is -1.28. The molecule has 4 aliphatic rings. The summed E-state index contributed by atoms with van der Waals surface area (Å²) in [6.07, 6.45) is -2.65. The van der Waals surface area contributed by atoms with E-state index >= 15 is 0 Å². The highest BCUT2D eigenvalue weighted by atomic mass is 19.4. The number of fused-ring (bicyclic) bond motifs is 2. The Labute approximate surface area is 561 Å². The fourth-order valence-electron chi connectivity index (χ4n) is 13.6. The third-order valence-electron chi connectivity index (χ3n) is 19.4. The quantitative estimate of drug-likeness (QED) is 0.0390. The van der Waals surface area contributed by atoms with Crippen LogP contribution in [0, 0.1) is 5.82 Å². The Morgan fingerprint density at radius 2 is 1.34 bits per heavy atom. The third-order valence-corrected chi connectivity index (χ3v) is 19.4. The van der Waals surface area contributed by atoms with Gasteiger partial charge in [0.15, 0.2) is 0 Å². The number of nitrogens with zero attached hydrogens (tertiary/aromatic N) is 7. The van der Waals surface area contributed by atoms with Crippen LogP contribution in [-0.4, -0.2) is 183 Å².